The van der Waals surface area contributed by atoms with Crippen molar-refractivity contribution in [3.05, 3.63) is 39.9 Å². The number of benzene rings is 1. The second-order valence-electron chi connectivity index (χ2n) is 5.99. The quantitative estimate of drug-likeness (QED) is 0.378. The number of nitrogens with one attached hydrogen (secondary N) is 1. The van der Waals surface area contributed by atoms with Gasteiger partial charge < -0.3 is 10.1 Å². The van der Waals surface area contributed by atoms with Crippen LogP contribution in [0.15, 0.2) is 24.3 Å². The van der Waals surface area contributed by atoms with Crippen LogP contribution in [0.1, 0.15) is 49.4 Å². The van der Waals surface area contributed by atoms with Gasteiger partial charge in [-0.3, -0.25) is 10.1 Å². The van der Waals surface area contributed by atoms with E-state index in [2.05, 4.69) is 12.2 Å². The molecule has 0 aliphatic heterocycles. The largest absolute Gasteiger partial charge is 0.461 e. The number of nitro groups is 1. The third-order valence-electron chi connectivity index (χ3n) is 4.16. The molecule has 0 aromatic heterocycles. The minimum Gasteiger partial charge on any atom is -0.461 e. The summed E-state index contributed by atoms with van der Waals surface area (Å²) in [5.41, 5.74) is 0.441. The SMILES string of the molecule is CC1(NCCOC(=O)c2ccc([N+](=O)[O-])cc2)CCCCC1. The van der Waals surface area contributed by atoms with Gasteiger partial charge in [-0.15, -0.1) is 0 Å². The van der Waals surface area contributed by atoms with Gasteiger partial charge in [-0.2, -0.15) is 0 Å². The van der Waals surface area contributed by atoms with Crippen molar-refractivity contribution in [3.63, 3.8) is 0 Å². The van der Waals surface area contributed by atoms with Crippen molar-refractivity contribution in [2.45, 2.75) is 44.6 Å². The van der Waals surface area contributed by atoms with Gasteiger partial charge >= 0.3 is 5.97 Å². The van der Waals surface area contributed by atoms with E-state index in [9.17, 15) is 14.9 Å². The van der Waals surface area contributed by atoms with Gasteiger partial charge in [0.05, 0.1) is 10.5 Å². The Morgan fingerprint density at radius 1 is 1.27 bits per heavy atom. The lowest BCUT2D eigenvalue weighted by atomic mass is 9.83. The number of nitrogens with zero attached hydrogens (tertiary/aromatic N) is 1. The zero-order valence-corrected chi connectivity index (χ0v) is 12.8. The highest BCUT2D eigenvalue weighted by Crippen LogP contribution is 2.27. The molecule has 0 heterocycles. The molecule has 22 heavy (non-hydrogen) atoms. The summed E-state index contributed by atoms with van der Waals surface area (Å²) in [6.07, 6.45) is 6.09. The third kappa shape index (κ3) is 4.53. The second-order valence-corrected chi connectivity index (χ2v) is 5.99. The van der Waals surface area contributed by atoms with Crippen molar-refractivity contribution >= 4 is 11.7 Å². The van der Waals surface area contributed by atoms with Gasteiger partial charge in [-0.1, -0.05) is 19.3 Å². The maximum atomic E-state index is 11.8. The Morgan fingerprint density at radius 2 is 1.91 bits per heavy atom. The minimum atomic E-state index is -0.496. The first-order chi connectivity index (χ1) is 10.5. The molecule has 0 radical (unpaired) electrons. The van der Waals surface area contributed by atoms with Gasteiger partial charge in [0.25, 0.3) is 5.69 Å². The number of hydrogen-bond donors (Lipinski definition) is 1. The third-order valence-corrected chi connectivity index (χ3v) is 4.16. The second kappa shape index (κ2) is 7.35. The molecule has 1 aliphatic rings. The molecule has 0 amide bonds. The summed E-state index contributed by atoms with van der Waals surface area (Å²) in [5.74, 6) is -0.453. The molecule has 1 aromatic rings. The van der Waals surface area contributed by atoms with E-state index in [-0.39, 0.29) is 11.2 Å². The molecule has 120 valence electrons. The van der Waals surface area contributed by atoms with Gasteiger partial charge in [0.15, 0.2) is 0 Å². The number of non-ortho nitro benzene ring substituents is 1. The van der Waals surface area contributed by atoms with Crippen LogP contribution in [0.5, 0.6) is 0 Å². The highest BCUT2D eigenvalue weighted by molar-refractivity contribution is 5.89. The highest BCUT2D eigenvalue weighted by atomic mass is 16.6. The average molecular weight is 306 g/mol. The number of hydrogen-bond acceptors (Lipinski definition) is 5. The van der Waals surface area contributed by atoms with Gasteiger partial charge in [-0.05, 0) is 31.9 Å². The Bertz CT molecular complexity index is 521. The van der Waals surface area contributed by atoms with Gasteiger partial charge in [-0.25, -0.2) is 4.79 Å². The van der Waals surface area contributed by atoms with Gasteiger partial charge in [0.2, 0.25) is 0 Å². The lowest BCUT2D eigenvalue weighted by molar-refractivity contribution is -0.384. The van der Waals surface area contributed by atoms with Crippen LogP contribution in [-0.2, 0) is 4.74 Å². The van der Waals surface area contributed by atoms with Crippen LogP contribution >= 0.6 is 0 Å². The molecule has 1 saturated carbocycles. The summed E-state index contributed by atoms with van der Waals surface area (Å²) in [6.45, 7) is 3.13. The zero-order valence-electron chi connectivity index (χ0n) is 12.8. The maximum Gasteiger partial charge on any atom is 0.338 e. The summed E-state index contributed by atoms with van der Waals surface area (Å²) in [6, 6.07) is 5.43. The smallest absolute Gasteiger partial charge is 0.338 e. The maximum absolute atomic E-state index is 11.8. The molecule has 6 nitrogen and oxygen atoms in total. The summed E-state index contributed by atoms with van der Waals surface area (Å²) in [7, 11) is 0. The number of esters is 1. The summed E-state index contributed by atoms with van der Waals surface area (Å²) >= 11 is 0. The predicted octanol–water partition coefficient (Wildman–Crippen LogP) is 3.06. The normalized spacial score (nSPS) is 17.0. The van der Waals surface area contributed by atoms with Crippen LogP contribution < -0.4 is 5.32 Å². The number of carbonyl (C=O) groups excluding carboxylic acids is 1. The Balaban J connectivity index is 1.74. The number of ether oxygens (including phenoxy) is 1. The Kier molecular flexibility index (Phi) is 5.49. The first-order valence-electron chi connectivity index (χ1n) is 7.67. The van der Waals surface area contributed by atoms with Crippen LogP contribution in [0, 0.1) is 10.1 Å². The molecule has 1 aromatic carbocycles. The van der Waals surface area contributed by atoms with Crippen LogP contribution in [0.4, 0.5) is 5.69 Å². The number of nitro benzene ring substituents is 1. The van der Waals surface area contributed by atoms with E-state index < -0.39 is 10.9 Å². The van der Waals surface area contributed by atoms with E-state index >= 15 is 0 Å². The van der Waals surface area contributed by atoms with Crippen molar-refractivity contribution in [1.29, 1.82) is 0 Å². The van der Waals surface area contributed by atoms with E-state index in [1.54, 1.807) is 0 Å². The molecule has 1 aliphatic carbocycles. The molecule has 0 bridgehead atoms. The van der Waals surface area contributed by atoms with Gasteiger partial charge in [0.1, 0.15) is 6.61 Å². The summed E-state index contributed by atoms with van der Waals surface area (Å²) in [5, 5.41) is 14.0. The number of carbonyl (C=O) groups is 1. The summed E-state index contributed by atoms with van der Waals surface area (Å²) in [4.78, 5) is 21.9. The van der Waals surface area contributed by atoms with Gasteiger partial charge in [0, 0.05) is 24.2 Å². The van der Waals surface area contributed by atoms with Crippen LogP contribution in [0.3, 0.4) is 0 Å². The van der Waals surface area contributed by atoms with E-state index in [1.165, 1.54) is 43.5 Å². The Morgan fingerprint density at radius 3 is 2.50 bits per heavy atom. The first-order valence-corrected chi connectivity index (χ1v) is 7.67. The first kappa shape index (κ1) is 16.4. The molecule has 2 rings (SSSR count). The Labute approximate surface area is 130 Å². The van der Waals surface area contributed by atoms with Crippen LogP contribution in [0.2, 0.25) is 0 Å². The predicted molar refractivity (Wildman–Crippen MR) is 82.9 cm³/mol. The Hall–Kier alpha value is -1.95. The lowest BCUT2D eigenvalue weighted by Gasteiger charge is -2.34. The van der Waals surface area contributed by atoms with E-state index in [0.717, 1.165) is 12.8 Å². The van der Waals surface area contributed by atoms with Crippen LogP contribution in [-0.4, -0.2) is 29.6 Å². The van der Waals surface area contributed by atoms with Crippen molar-refractivity contribution in [1.82, 2.24) is 5.32 Å². The molecule has 0 saturated heterocycles. The van der Waals surface area contributed by atoms with Crippen molar-refractivity contribution in [2.75, 3.05) is 13.2 Å². The minimum absolute atomic E-state index is 0.0385. The molecule has 0 atom stereocenters. The van der Waals surface area contributed by atoms with E-state index in [4.69, 9.17) is 4.74 Å². The fourth-order valence-electron chi connectivity index (χ4n) is 2.81. The topological polar surface area (TPSA) is 81.5 Å². The molecular formula is C16H22N2O4. The molecular weight excluding hydrogens is 284 g/mol. The number of rotatable bonds is 6. The van der Waals surface area contributed by atoms with E-state index in [0.29, 0.717) is 18.7 Å². The monoisotopic (exact) mass is 306 g/mol. The fourth-order valence-corrected chi connectivity index (χ4v) is 2.81. The van der Waals surface area contributed by atoms with Crippen molar-refractivity contribution < 1.29 is 14.5 Å². The molecule has 0 unspecified atom stereocenters. The molecule has 6 heteroatoms. The molecule has 0 spiro atoms. The van der Waals surface area contributed by atoms with Crippen LogP contribution in [0.25, 0.3) is 0 Å². The lowest BCUT2D eigenvalue weighted by Crippen LogP contribution is -2.45. The average Bonchev–Trinajstić information content (AvgIpc) is 2.52. The highest BCUT2D eigenvalue weighted by Gasteiger charge is 2.25. The van der Waals surface area contributed by atoms with Crippen molar-refractivity contribution in [3.8, 4) is 0 Å². The molecule has 1 N–H and O–H groups in total. The molecule has 1 fully saturated rings. The summed E-state index contributed by atoms with van der Waals surface area (Å²) < 4.78 is 5.19. The standard InChI is InChI=1S/C16H22N2O4/c1-16(9-3-2-4-10-16)17-11-12-22-15(19)13-5-7-14(8-6-13)18(20)21/h5-8,17H,2-4,9-12H2,1H3. The van der Waals surface area contributed by atoms with Crippen molar-refractivity contribution in [2.24, 2.45) is 0 Å². The zero-order chi connectivity index (χ0) is 16.0. The fraction of sp³-hybridized carbons (Fsp3) is 0.562. The van der Waals surface area contributed by atoms with E-state index in [1.807, 2.05) is 0 Å².